The Labute approximate surface area is 124 Å². The van der Waals surface area contributed by atoms with E-state index in [0.717, 1.165) is 6.07 Å². The molecule has 0 aromatic heterocycles. The molecule has 2 rings (SSSR count). The van der Waals surface area contributed by atoms with Crippen molar-refractivity contribution in [1.82, 2.24) is 4.90 Å². The molecule has 1 N–H and O–H groups in total. The van der Waals surface area contributed by atoms with Crippen LogP contribution >= 0.6 is 0 Å². The van der Waals surface area contributed by atoms with Gasteiger partial charge in [0.1, 0.15) is 0 Å². The van der Waals surface area contributed by atoms with Crippen molar-refractivity contribution in [3.05, 3.63) is 24.3 Å². The lowest BCUT2D eigenvalue weighted by molar-refractivity contribution is -0.274. The van der Waals surface area contributed by atoms with Crippen LogP contribution in [0.5, 0.6) is 5.75 Å². The average molecular weight is 338 g/mol. The van der Waals surface area contributed by atoms with Gasteiger partial charge in [0.25, 0.3) is 0 Å². The first-order chi connectivity index (χ1) is 10.2. The molecule has 10 heteroatoms. The van der Waals surface area contributed by atoms with Crippen molar-refractivity contribution in [2.45, 2.75) is 6.36 Å². The van der Waals surface area contributed by atoms with Gasteiger partial charge in [0, 0.05) is 13.1 Å². The van der Waals surface area contributed by atoms with Gasteiger partial charge in [-0.3, -0.25) is 0 Å². The fraction of sp³-hybridized carbons (Fsp3) is 0.417. The molecule has 0 spiro atoms. The van der Waals surface area contributed by atoms with Gasteiger partial charge in [-0.05, 0) is 12.1 Å². The zero-order chi connectivity index (χ0) is 16.4. The number of carbonyl (C=O) groups excluding carboxylic acids is 1. The highest BCUT2D eigenvalue weighted by atomic mass is 32.2. The van der Waals surface area contributed by atoms with E-state index in [1.165, 1.54) is 23.1 Å². The van der Waals surface area contributed by atoms with Gasteiger partial charge in [0.2, 0.25) is 0 Å². The fourth-order valence-corrected chi connectivity index (χ4v) is 3.09. The summed E-state index contributed by atoms with van der Waals surface area (Å²) in [5.74, 6) is -0.865. The minimum Gasteiger partial charge on any atom is -0.404 e. The van der Waals surface area contributed by atoms with Crippen molar-refractivity contribution < 1.29 is 31.1 Å². The maximum absolute atomic E-state index is 12.3. The van der Waals surface area contributed by atoms with Crippen LogP contribution in [0.3, 0.4) is 0 Å². The van der Waals surface area contributed by atoms with Crippen LogP contribution in [-0.4, -0.2) is 50.3 Å². The summed E-state index contributed by atoms with van der Waals surface area (Å²) in [6.45, 7) is -0.00702. The predicted octanol–water partition coefficient (Wildman–Crippen LogP) is 1.85. The molecular weight excluding hydrogens is 325 g/mol. The number of rotatable bonds is 2. The van der Waals surface area contributed by atoms with E-state index in [1.807, 2.05) is 0 Å². The number of amides is 2. The topological polar surface area (TPSA) is 75.7 Å². The largest absolute Gasteiger partial charge is 0.573 e. The van der Waals surface area contributed by atoms with Gasteiger partial charge in [-0.2, -0.15) is 0 Å². The molecule has 0 atom stereocenters. The molecule has 1 aliphatic heterocycles. The molecule has 1 saturated heterocycles. The third-order valence-electron chi connectivity index (χ3n) is 2.99. The van der Waals surface area contributed by atoms with Gasteiger partial charge < -0.3 is 15.0 Å². The van der Waals surface area contributed by atoms with Crippen molar-refractivity contribution in [2.24, 2.45) is 0 Å². The molecule has 2 amide bonds. The second-order valence-electron chi connectivity index (χ2n) is 4.61. The zero-order valence-electron chi connectivity index (χ0n) is 11.3. The van der Waals surface area contributed by atoms with Crippen LogP contribution < -0.4 is 10.1 Å². The Morgan fingerprint density at radius 2 is 1.77 bits per heavy atom. The lowest BCUT2D eigenvalue weighted by Gasteiger charge is -2.27. The number of para-hydroxylation sites is 2. The van der Waals surface area contributed by atoms with Crippen LogP contribution in [0.2, 0.25) is 0 Å². The Hall–Kier alpha value is -1.97. The summed E-state index contributed by atoms with van der Waals surface area (Å²) >= 11 is 0. The number of carbonyl (C=O) groups is 1. The van der Waals surface area contributed by atoms with E-state index in [9.17, 15) is 26.4 Å². The number of alkyl halides is 3. The lowest BCUT2D eigenvalue weighted by Crippen LogP contribution is -2.45. The van der Waals surface area contributed by atoms with Crippen LogP contribution in [0.15, 0.2) is 24.3 Å². The SMILES string of the molecule is O=C(Nc1ccccc1OC(F)(F)F)N1CCS(=O)(=O)CC1. The number of sulfone groups is 1. The van der Waals surface area contributed by atoms with Crippen LogP contribution in [0.1, 0.15) is 0 Å². The Bertz CT molecular complexity index is 647. The molecule has 1 aliphatic rings. The number of hydrogen-bond donors (Lipinski definition) is 1. The molecule has 0 unspecified atom stereocenters. The fourth-order valence-electron chi connectivity index (χ4n) is 1.89. The predicted molar refractivity (Wildman–Crippen MR) is 72.4 cm³/mol. The maximum atomic E-state index is 12.3. The molecule has 22 heavy (non-hydrogen) atoms. The summed E-state index contributed by atoms with van der Waals surface area (Å²) in [5, 5.41) is 2.30. The van der Waals surface area contributed by atoms with Crippen molar-refractivity contribution in [1.29, 1.82) is 0 Å². The summed E-state index contributed by atoms with van der Waals surface area (Å²) in [5.41, 5.74) is -0.141. The van der Waals surface area contributed by atoms with E-state index >= 15 is 0 Å². The standard InChI is InChI=1S/C12H13F3N2O4S/c13-12(14,15)21-10-4-2-1-3-9(10)16-11(18)17-5-7-22(19,20)8-6-17/h1-4H,5-8H2,(H,16,18). The van der Waals surface area contributed by atoms with Crippen LogP contribution in [0.4, 0.5) is 23.7 Å². The zero-order valence-corrected chi connectivity index (χ0v) is 12.1. The van der Waals surface area contributed by atoms with E-state index in [-0.39, 0.29) is 30.3 Å². The Morgan fingerprint density at radius 1 is 1.18 bits per heavy atom. The number of halogens is 3. The molecule has 0 saturated carbocycles. The molecule has 0 aliphatic carbocycles. The first-order valence-corrected chi connectivity index (χ1v) is 8.09. The minimum atomic E-state index is -4.87. The number of nitrogens with zero attached hydrogens (tertiary/aromatic N) is 1. The van der Waals surface area contributed by atoms with Crippen molar-refractivity contribution >= 4 is 21.6 Å². The van der Waals surface area contributed by atoms with Gasteiger partial charge in [-0.15, -0.1) is 13.2 Å². The molecule has 1 aromatic rings. The van der Waals surface area contributed by atoms with E-state index in [0.29, 0.717) is 0 Å². The van der Waals surface area contributed by atoms with Crippen LogP contribution in [0.25, 0.3) is 0 Å². The highest BCUT2D eigenvalue weighted by Crippen LogP contribution is 2.30. The summed E-state index contributed by atoms with van der Waals surface area (Å²) in [6.07, 6.45) is -4.87. The maximum Gasteiger partial charge on any atom is 0.573 e. The number of hydrogen-bond acceptors (Lipinski definition) is 4. The number of anilines is 1. The summed E-state index contributed by atoms with van der Waals surface area (Å²) in [6, 6.07) is 4.45. The number of nitrogens with one attached hydrogen (secondary N) is 1. The lowest BCUT2D eigenvalue weighted by atomic mass is 10.3. The van der Waals surface area contributed by atoms with E-state index < -0.39 is 28.0 Å². The summed E-state index contributed by atoms with van der Waals surface area (Å²) < 4.78 is 63.3. The highest BCUT2D eigenvalue weighted by molar-refractivity contribution is 7.91. The Morgan fingerprint density at radius 3 is 2.36 bits per heavy atom. The number of ether oxygens (including phenoxy) is 1. The second kappa shape index (κ2) is 6.03. The van der Waals surface area contributed by atoms with E-state index in [1.54, 1.807) is 0 Å². The Kier molecular flexibility index (Phi) is 4.50. The molecule has 0 radical (unpaired) electrons. The van der Waals surface area contributed by atoms with Crippen LogP contribution in [0, 0.1) is 0 Å². The molecule has 0 bridgehead atoms. The second-order valence-corrected chi connectivity index (χ2v) is 6.92. The quantitative estimate of drug-likeness (QED) is 0.893. The first-order valence-electron chi connectivity index (χ1n) is 6.27. The molecule has 1 heterocycles. The van der Waals surface area contributed by atoms with Gasteiger partial charge in [-0.1, -0.05) is 12.1 Å². The molecule has 1 aromatic carbocycles. The molecule has 1 fully saturated rings. The van der Waals surface area contributed by atoms with Crippen LogP contribution in [-0.2, 0) is 9.84 Å². The number of urea groups is 1. The van der Waals surface area contributed by atoms with Gasteiger partial charge >= 0.3 is 12.4 Å². The monoisotopic (exact) mass is 338 g/mol. The van der Waals surface area contributed by atoms with Crippen molar-refractivity contribution in [2.75, 3.05) is 29.9 Å². The highest BCUT2D eigenvalue weighted by Gasteiger charge is 2.32. The molecule has 6 nitrogen and oxygen atoms in total. The molecular formula is C12H13F3N2O4S. The van der Waals surface area contributed by atoms with Gasteiger partial charge in [-0.25, -0.2) is 13.2 Å². The van der Waals surface area contributed by atoms with Crippen molar-refractivity contribution in [3.8, 4) is 5.75 Å². The third-order valence-corrected chi connectivity index (χ3v) is 4.60. The number of benzene rings is 1. The normalized spacial score (nSPS) is 17.9. The van der Waals surface area contributed by atoms with Gasteiger partial charge in [0.05, 0.1) is 17.2 Å². The summed E-state index contributed by atoms with van der Waals surface area (Å²) in [7, 11) is -3.15. The Balaban J connectivity index is 2.06. The summed E-state index contributed by atoms with van der Waals surface area (Å²) in [4.78, 5) is 13.2. The smallest absolute Gasteiger partial charge is 0.404 e. The van der Waals surface area contributed by atoms with Gasteiger partial charge in [0.15, 0.2) is 15.6 Å². The van der Waals surface area contributed by atoms with E-state index in [4.69, 9.17) is 0 Å². The third kappa shape index (κ3) is 4.52. The van der Waals surface area contributed by atoms with Crippen molar-refractivity contribution in [3.63, 3.8) is 0 Å². The first kappa shape index (κ1) is 16.4. The minimum absolute atomic E-state index is 0.00351. The van der Waals surface area contributed by atoms with E-state index in [2.05, 4.69) is 10.1 Å². The average Bonchev–Trinajstić information content (AvgIpc) is 2.39. The molecule has 122 valence electrons.